The Morgan fingerprint density at radius 3 is 2.36 bits per heavy atom. The first kappa shape index (κ1) is 21.3. The molecule has 1 aromatic heterocycles. The van der Waals surface area contributed by atoms with E-state index >= 15 is 0 Å². The smallest absolute Gasteiger partial charge is 0.324 e. The molecule has 150 valence electrons. The van der Waals surface area contributed by atoms with Crippen molar-refractivity contribution in [2.24, 2.45) is 7.05 Å². The van der Waals surface area contributed by atoms with E-state index in [1.807, 2.05) is 6.92 Å². The summed E-state index contributed by atoms with van der Waals surface area (Å²) in [7, 11) is -2.28. The van der Waals surface area contributed by atoms with Gasteiger partial charge in [-0.3, -0.25) is 19.7 Å². The van der Waals surface area contributed by atoms with Gasteiger partial charge in [-0.25, -0.2) is 8.42 Å². The van der Waals surface area contributed by atoms with Gasteiger partial charge in [-0.15, -0.1) is 0 Å². The highest BCUT2D eigenvalue weighted by Crippen LogP contribution is 2.10. The van der Waals surface area contributed by atoms with E-state index in [2.05, 4.69) is 10.0 Å². The van der Waals surface area contributed by atoms with Gasteiger partial charge in [0.15, 0.2) is 6.61 Å². The summed E-state index contributed by atoms with van der Waals surface area (Å²) in [5.41, 5.74) is 1.15. The lowest BCUT2D eigenvalue weighted by Crippen LogP contribution is -2.41. The van der Waals surface area contributed by atoms with Crippen LogP contribution >= 0.6 is 0 Å². The molecular formula is C18H21N3O6S. The van der Waals surface area contributed by atoms with Crippen molar-refractivity contribution in [3.63, 3.8) is 0 Å². The number of nitrogens with one attached hydrogen (secondary N) is 2. The number of rotatable bonds is 7. The first-order valence-corrected chi connectivity index (χ1v) is 9.79. The number of amides is 2. The van der Waals surface area contributed by atoms with Gasteiger partial charge in [0.05, 0.1) is 4.90 Å². The molecule has 1 atom stereocenters. The van der Waals surface area contributed by atoms with Gasteiger partial charge < -0.3 is 9.30 Å². The van der Waals surface area contributed by atoms with Crippen LogP contribution in [0.5, 0.6) is 0 Å². The van der Waals surface area contributed by atoms with Crippen LogP contribution in [0.15, 0.2) is 47.5 Å². The average molecular weight is 407 g/mol. The Hall–Kier alpha value is -2.98. The number of benzene rings is 1. The fourth-order valence-electron chi connectivity index (χ4n) is 2.25. The van der Waals surface area contributed by atoms with E-state index in [0.717, 1.165) is 5.56 Å². The Kier molecular flexibility index (Phi) is 6.71. The maximum atomic E-state index is 12.3. The molecule has 0 aliphatic heterocycles. The number of aryl methyl sites for hydroxylation is 2. The van der Waals surface area contributed by atoms with E-state index in [4.69, 9.17) is 4.74 Å². The van der Waals surface area contributed by atoms with Crippen LogP contribution in [0.3, 0.4) is 0 Å². The third kappa shape index (κ3) is 5.51. The highest BCUT2D eigenvalue weighted by atomic mass is 32.2. The molecule has 1 heterocycles. The zero-order valence-corrected chi connectivity index (χ0v) is 16.4. The summed E-state index contributed by atoms with van der Waals surface area (Å²) in [4.78, 5) is 35.6. The maximum Gasteiger partial charge on any atom is 0.324 e. The number of imide groups is 1. The zero-order chi connectivity index (χ0) is 20.9. The van der Waals surface area contributed by atoms with Crippen LogP contribution in [0.25, 0.3) is 0 Å². The summed E-state index contributed by atoms with van der Waals surface area (Å²) in [5.74, 6) is -2.41. The van der Waals surface area contributed by atoms with Crippen LogP contribution in [0, 0.1) is 6.92 Å². The number of carbonyl (C=O) groups is 3. The van der Waals surface area contributed by atoms with Crippen LogP contribution in [0.4, 0.5) is 0 Å². The molecule has 9 nitrogen and oxygen atoms in total. The van der Waals surface area contributed by atoms with E-state index in [9.17, 15) is 22.8 Å². The molecule has 2 aromatic rings. The molecule has 0 unspecified atom stereocenters. The van der Waals surface area contributed by atoms with Crippen molar-refractivity contribution in [1.29, 1.82) is 0 Å². The molecule has 1 aromatic carbocycles. The van der Waals surface area contributed by atoms with E-state index in [1.54, 1.807) is 31.4 Å². The summed E-state index contributed by atoms with van der Waals surface area (Å²) in [6.45, 7) is 2.39. The lowest BCUT2D eigenvalue weighted by atomic mass is 10.2. The van der Waals surface area contributed by atoms with Gasteiger partial charge >= 0.3 is 5.97 Å². The van der Waals surface area contributed by atoms with Gasteiger partial charge in [0, 0.05) is 13.2 Å². The minimum atomic E-state index is -3.92. The molecule has 2 amide bonds. The van der Waals surface area contributed by atoms with Crippen molar-refractivity contribution in [3.05, 3.63) is 53.9 Å². The number of aromatic nitrogens is 1. The van der Waals surface area contributed by atoms with Gasteiger partial charge in [-0.2, -0.15) is 4.72 Å². The van der Waals surface area contributed by atoms with Crippen molar-refractivity contribution in [1.82, 2.24) is 14.6 Å². The zero-order valence-electron chi connectivity index (χ0n) is 15.6. The number of sulfonamides is 1. The van der Waals surface area contributed by atoms with Gasteiger partial charge in [0.2, 0.25) is 10.0 Å². The molecular weight excluding hydrogens is 386 g/mol. The Labute approximate surface area is 162 Å². The van der Waals surface area contributed by atoms with Gasteiger partial charge in [-0.05, 0) is 38.1 Å². The average Bonchev–Trinajstić information content (AvgIpc) is 3.05. The summed E-state index contributed by atoms with van der Waals surface area (Å²) < 4.78 is 33.0. The van der Waals surface area contributed by atoms with Gasteiger partial charge in [0.1, 0.15) is 11.7 Å². The predicted octanol–water partition coefficient (Wildman–Crippen LogP) is 0.500. The van der Waals surface area contributed by atoms with Crippen LogP contribution < -0.4 is 10.0 Å². The Bertz CT molecular complexity index is 979. The van der Waals surface area contributed by atoms with Gasteiger partial charge in [0.25, 0.3) is 11.8 Å². The Morgan fingerprint density at radius 2 is 1.79 bits per heavy atom. The second-order valence-electron chi connectivity index (χ2n) is 6.15. The summed E-state index contributed by atoms with van der Waals surface area (Å²) >= 11 is 0. The van der Waals surface area contributed by atoms with Crippen molar-refractivity contribution < 1.29 is 27.5 Å². The predicted molar refractivity (Wildman–Crippen MR) is 99.8 cm³/mol. The lowest BCUT2D eigenvalue weighted by molar-refractivity contribution is -0.149. The van der Waals surface area contributed by atoms with Crippen LogP contribution in [0.1, 0.15) is 23.0 Å². The van der Waals surface area contributed by atoms with E-state index < -0.39 is 40.5 Å². The lowest BCUT2D eigenvalue weighted by Gasteiger charge is -2.14. The molecule has 0 bridgehead atoms. The molecule has 0 spiro atoms. The monoisotopic (exact) mass is 407 g/mol. The highest BCUT2D eigenvalue weighted by Gasteiger charge is 2.24. The third-order valence-electron chi connectivity index (χ3n) is 3.79. The Morgan fingerprint density at radius 1 is 1.14 bits per heavy atom. The number of ether oxygens (including phenoxy) is 1. The topological polar surface area (TPSA) is 124 Å². The summed E-state index contributed by atoms with van der Waals surface area (Å²) in [6.07, 6.45) is 1.64. The molecule has 0 aliphatic rings. The van der Waals surface area contributed by atoms with Crippen LogP contribution in [0.2, 0.25) is 0 Å². The quantitative estimate of drug-likeness (QED) is 0.644. The third-order valence-corrected chi connectivity index (χ3v) is 5.35. The minimum Gasteiger partial charge on any atom is -0.454 e. The number of hydrogen-bond donors (Lipinski definition) is 2. The van der Waals surface area contributed by atoms with Gasteiger partial charge in [-0.1, -0.05) is 17.7 Å². The van der Waals surface area contributed by atoms with Crippen molar-refractivity contribution >= 4 is 27.8 Å². The molecule has 0 aliphatic carbocycles. The normalized spacial score (nSPS) is 12.2. The van der Waals surface area contributed by atoms with Crippen LogP contribution in [-0.2, 0) is 31.4 Å². The van der Waals surface area contributed by atoms with Crippen molar-refractivity contribution in [2.45, 2.75) is 24.8 Å². The minimum absolute atomic E-state index is 0.00339. The number of carbonyl (C=O) groups excluding carboxylic acids is 3. The largest absolute Gasteiger partial charge is 0.454 e. The number of hydrogen-bond acceptors (Lipinski definition) is 6. The first-order valence-electron chi connectivity index (χ1n) is 8.31. The fraction of sp³-hybridized carbons (Fsp3) is 0.278. The van der Waals surface area contributed by atoms with Crippen molar-refractivity contribution in [2.75, 3.05) is 6.61 Å². The van der Waals surface area contributed by atoms with E-state index in [-0.39, 0.29) is 10.6 Å². The molecule has 10 heteroatoms. The Balaban J connectivity index is 1.86. The highest BCUT2D eigenvalue weighted by molar-refractivity contribution is 7.89. The maximum absolute atomic E-state index is 12.3. The fourth-order valence-corrected chi connectivity index (χ4v) is 3.44. The summed E-state index contributed by atoms with van der Waals surface area (Å²) in [6, 6.07) is 8.04. The van der Waals surface area contributed by atoms with Crippen molar-refractivity contribution in [3.8, 4) is 0 Å². The molecule has 2 N–H and O–H groups in total. The molecule has 0 saturated heterocycles. The number of nitrogens with zero attached hydrogens (tertiary/aromatic N) is 1. The van der Waals surface area contributed by atoms with Crippen LogP contribution in [-0.4, -0.2) is 43.4 Å². The summed E-state index contributed by atoms with van der Waals surface area (Å²) in [5, 5.41) is 2.08. The second-order valence-corrected chi connectivity index (χ2v) is 7.86. The first-order chi connectivity index (χ1) is 13.1. The standard InChI is InChI=1S/C18H21N3O6S/c1-12-6-8-14(9-7-12)28(25,26)20-13(2)18(24)27-11-16(22)19-17(23)15-5-4-10-21(15)3/h4-10,13,20H,11H2,1-3H3,(H,19,22,23)/t13-/m0/s1. The SMILES string of the molecule is Cc1ccc(S(=O)(=O)N[C@@H](C)C(=O)OCC(=O)NC(=O)c2cccn2C)cc1. The number of esters is 1. The molecule has 0 radical (unpaired) electrons. The molecule has 28 heavy (non-hydrogen) atoms. The molecule has 0 saturated carbocycles. The second kappa shape index (κ2) is 8.81. The van der Waals surface area contributed by atoms with E-state index in [1.165, 1.54) is 29.7 Å². The molecule has 2 rings (SSSR count). The van der Waals surface area contributed by atoms with E-state index in [0.29, 0.717) is 0 Å². The molecule has 0 fully saturated rings.